The second-order valence-electron chi connectivity index (χ2n) is 7.31. The van der Waals surface area contributed by atoms with Crippen molar-refractivity contribution in [3.8, 4) is 6.07 Å². The van der Waals surface area contributed by atoms with E-state index in [0.717, 1.165) is 43.1 Å². The molecule has 0 aliphatic carbocycles. The molecule has 4 rings (SSSR count). The highest BCUT2D eigenvalue weighted by Crippen LogP contribution is 2.25. The third-order valence-corrected chi connectivity index (χ3v) is 5.33. The highest BCUT2D eigenvalue weighted by atomic mass is 16.2. The van der Waals surface area contributed by atoms with Crippen LogP contribution >= 0.6 is 0 Å². The van der Waals surface area contributed by atoms with E-state index in [-0.39, 0.29) is 6.03 Å². The zero-order valence-electron chi connectivity index (χ0n) is 17.2. The number of pyridine rings is 1. The summed E-state index contributed by atoms with van der Waals surface area (Å²) in [6.45, 7) is 3.85. The van der Waals surface area contributed by atoms with Gasteiger partial charge in [-0.15, -0.1) is 0 Å². The van der Waals surface area contributed by atoms with Crippen LogP contribution in [0, 0.1) is 11.3 Å². The largest absolute Gasteiger partial charge is 0.368 e. The van der Waals surface area contributed by atoms with Crippen LogP contribution in [0.5, 0.6) is 0 Å². The van der Waals surface area contributed by atoms with Gasteiger partial charge in [-0.05, 0) is 48.0 Å². The number of piperazine rings is 1. The molecule has 156 valence electrons. The second-order valence-corrected chi connectivity index (χ2v) is 7.31. The monoisotopic (exact) mass is 412 g/mol. The van der Waals surface area contributed by atoms with Gasteiger partial charge in [0.25, 0.3) is 0 Å². The average Bonchev–Trinajstić information content (AvgIpc) is 2.84. The van der Waals surface area contributed by atoms with E-state index in [2.05, 4.69) is 31.5 Å². The van der Waals surface area contributed by atoms with Crippen LogP contribution in [0.2, 0.25) is 0 Å². The fraction of sp³-hybridized carbons (Fsp3) is 0.208. The first-order valence-corrected chi connectivity index (χ1v) is 10.3. The van der Waals surface area contributed by atoms with Crippen LogP contribution in [-0.4, -0.2) is 37.2 Å². The topological polar surface area (TPSA) is 84.3 Å². The molecule has 1 fully saturated rings. The van der Waals surface area contributed by atoms with Gasteiger partial charge in [-0.2, -0.15) is 5.26 Å². The molecule has 0 unspecified atom stereocenters. The number of urea groups is 1. The number of aromatic nitrogens is 1. The van der Waals surface area contributed by atoms with Crippen molar-refractivity contribution in [3.63, 3.8) is 0 Å². The first-order valence-electron chi connectivity index (χ1n) is 10.3. The van der Waals surface area contributed by atoms with E-state index >= 15 is 0 Å². The number of hydrogen-bond donors (Lipinski definition) is 2. The lowest BCUT2D eigenvalue weighted by Crippen LogP contribution is -2.47. The van der Waals surface area contributed by atoms with Gasteiger partial charge in [0.15, 0.2) is 0 Å². The maximum absolute atomic E-state index is 12.3. The quantitative estimate of drug-likeness (QED) is 0.669. The van der Waals surface area contributed by atoms with Crippen LogP contribution < -0.4 is 20.4 Å². The normalized spacial score (nSPS) is 13.4. The molecule has 3 aromatic rings. The third kappa shape index (κ3) is 5.11. The molecule has 1 aromatic heterocycles. The molecule has 1 saturated heterocycles. The summed E-state index contributed by atoms with van der Waals surface area (Å²) in [4.78, 5) is 21.1. The lowest BCUT2D eigenvalue weighted by Gasteiger charge is -2.38. The molecule has 31 heavy (non-hydrogen) atoms. The van der Waals surface area contributed by atoms with Crippen LogP contribution in [0.3, 0.4) is 0 Å². The van der Waals surface area contributed by atoms with Gasteiger partial charge >= 0.3 is 6.03 Å². The summed E-state index contributed by atoms with van der Waals surface area (Å²) in [5.41, 5.74) is 4.47. The van der Waals surface area contributed by atoms with Crippen molar-refractivity contribution in [2.75, 3.05) is 41.3 Å². The van der Waals surface area contributed by atoms with Crippen molar-refractivity contribution < 1.29 is 4.79 Å². The van der Waals surface area contributed by atoms with Crippen LogP contribution in [0.4, 0.5) is 21.9 Å². The Morgan fingerprint density at radius 2 is 1.68 bits per heavy atom. The molecule has 2 aromatic carbocycles. The molecule has 2 N–H and O–H groups in total. The lowest BCUT2D eigenvalue weighted by atomic mass is 10.1. The molecule has 0 saturated carbocycles. The molecule has 0 spiro atoms. The van der Waals surface area contributed by atoms with Crippen molar-refractivity contribution in [1.29, 1.82) is 5.26 Å². The first-order chi connectivity index (χ1) is 15.2. The Hall–Kier alpha value is -4.05. The average molecular weight is 412 g/mol. The Bertz CT molecular complexity index is 1060. The highest BCUT2D eigenvalue weighted by Gasteiger charge is 2.20. The van der Waals surface area contributed by atoms with E-state index in [1.54, 1.807) is 0 Å². The number of carbonyl (C=O) groups is 1. The molecule has 1 aliphatic heterocycles. The molecule has 0 radical (unpaired) electrons. The number of para-hydroxylation sites is 1. The summed E-state index contributed by atoms with van der Waals surface area (Å²) in [6.07, 6.45) is 3.62. The number of rotatable bonds is 5. The predicted molar refractivity (Wildman–Crippen MR) is 122 cm³/mol. The van der Waals surface area contributed by atoms with E-state index < -0.39 is 0 Å². The number of nitriles is 1. The van der Waals surface area contributed by atoms with Gasteiger partial charge in [0, 0.05) is 62.2 Å². The minimum absolute atomic E-state index is 0.276. The zero-order chi connectivity index (χ0) is 21.5. The van der Waals surface area contributed by atoms with E-state index in [1.807, 2.05) is 73.1 Å². The van der Waals surface area contributed by atoms with Gasteiger partial charge in [0.2, 0.25) is 0 Å². The summed E-state index contributed by atoms with van der Waals surface area (Å²) in [7, 11) is 0. The number of nitrogens with one attached hydrogen (secondary N) is 2. The summed E-state index contributed by atoms with van der Waals surface area (Å²) in [6, 6.07) is 20.9. The molecular weight excluding hydrogens is 388 g/mol. The predicted octanol–water partition coefficient (Wildman–Crippen LogP) is 3.60. The number of amides is 2. The van der Waals surface area contributed by atoms with Gasteiger partial charge in [0.05, 0.1) is 11.6 Å². The molecule has 7 nitrogen and oxygen atoms in total. The highest BCUT2D eigenvalue weighted by molar-refractivity contribution is 5.89. The van der Waals surface area contributed by atoms with Gasteiger partial charge in [-0.1, -0.05) is 18.2 Å². The fourth-order valence-electron chi connectivity index (χ4n) is 3.74. The lowest BCUT2D eigenvalue weighted by molar-refractivity contribution is 0.251. The van der Waals surface area contributed by atoms with Gasteiger partial charge in [0.1, 0.15) is 0 Å². The van der Waals surface area contributed by atoms with Gasteiger partial charge in [-0.25, -0.2) is 4.79 Å². The Kier molecular flexibility index (Phi) is 6.29. The smallest absolute Gasteiger partial charge is 0.319 e. The van der Waals surface area contributed by atoms with E-state index in [0.29, 0.717) is 12.1 Å². The summed E-state index contributed by atoms with van der Waals surface area (Å²) >= 11 is 0. The zero-order valence-corrected chi connectivity index (χ0v) is 17.2. The Morgan fingerprint density at radius 1 is 0.968 bits per heavy atom. The molecule has 7 heteroatoms. The Labute approximate surface area is 181 Å². The maximum Gasteiger partial charge on any atom is 0.319 e. The standard InChI is InChI=1S/C24H24N6O/c25-17-19-6-7-23(30-14-12-29(13-15-30)22-8-10-26-11-9-22)20(16-19)18-27-24(31)28-21-4-2-1-3-5-21/h1-11,16H,12-15,18H2,(H2,27,28,31). The number of nitrogens with zero attached hydrogens (tertiary/aromatic N) is 4. The van der Waals surface area contributed by atoms with Crippen LogP contribution in [0.25, 0.3) is 0 Å². The minimum atomic E-state index is -0.276. The molecular formula is C24H24N6O. The summed E-state index contributed by atoms with van der Waals surface area (Å²) < 4.78 is 0. The van der Waals surface area contributed by atoms with Crippen LogP contribution in [0.1, 0.15) is 11.1 Å². The maximum atomic E-state index is 12.3. The van der Waals surface area contributed by atoms with Gasteiger partial charge in [-0.3, -0.25) is 4.98 Å². The first kappa shape index (κ1) is 20.2. The molecule has 2 amide bonds. The number of hydrogen-bond acceptors (Lipinski definition) is 5. The second kappa shape index (κ2) is 9.63. The number of anilines is 3. The number of benzene rings is 2. The summed E-state index contributed by atoms with van der Waals surface area (Å²) in [5, 5.41) is 15.1. The SMILES string of the molecule is N#Cc1ccc(N2CCN(c3ccncc3)CC2)c(CNC(=O)Nc2ccccc2)c1. The minimum Gasteiger partial charge on any atom is -0.368 e. The third-order valence-electron chi connectivity index (χ3n) is 5.33. The number of carbonyl (C=O) groups excluding carboxylic acids is 1. The Morgan fingerprint density at radius 3 is 2.39 bits per heavy atom. The van der Waals surface area contributed by atoms with Gasteiger partial charge < -0.3 is 20.4 Å². The molecule has 0 bridgehead atoms. The van der Waals surface area contributed by atoms with E-state index in [4.69, 9.17) is 0 Å². The summed E-state index contributed by atoms with van der Waals surface area (Å²) in [5.74, 6) is 0. The van der Waals surface area contributed by atoms with Crippen LogP contribution in [-0.2, 0) is 6.54 Å². The fourth-order valence-corrected chi connectivity index (χ4v) is 3.74. The van der Waals surface area contributed by atoms with Crippen molar-refractivity contribution in [1.82, 2.24) is 10.3 Å². The molecule has 1 aliphatic rings. The Balaban J connectivity index is 1.42. The van der Waals surface area contributed by atoms with Crippen molar-refractivity contribution in [3.05, 3.63) is 84.2 Å². The molecule has 0 atom stereocenters. The van der Waals surface area contributed by atoms with E-state index in [9.17, 15) is 10.1 Å². The van der Waals surface area contributed by atoms with Crippen molar-refractivity contribution in [2.45, 2.75) is 6.54 Å². The van der Waals surface area contributed by atoms with Crippen molar-refractivity contribution >= 4 is 23.1 Å². The van der Waals surface area contributed by atoms with E-state index in [1.165, 1.54) is 5.69 Å². The van der Waals surface area contributed by atoms with Crippen LogP contribution in [0.15, 0.2) is 73.1 Å². The molecule has 2 heterocycles. The van der Waals surface area contributed by atoms with Crippen molar-refractivity contribution in [2.24, 2.45) is 0 Å².